The summed E-state index contributed by atoms with van der Waals surface area (Å²) < 4.78 is 0.833. The number of benzene rings is 1. The third kappa shape index (κ3) is 3.25. The Morgan fingerprint density at radius 1 is 1.44 bits per heavy atom. The first-order valence-electron chi connectivity index (χ1n) is 6.23. The maximum atomic E-state index is 12.1. The van der Waals surface area contributed by atoms with E-state index >= 15 is 0 Å². The Morgan fingerprint density at radius 3 is 2.72 bits per heavy atom. The third-order valence-corrected chi connectivity index (χ3v) is 3.94. The van der Waals surface area contributed by atoms with E-state index in [1.54, 1.807) is 18.2 Å². The highest BCUT2D eigenvalue weighted by atomic mass is 79.9. The van der Waals surface area contributed by atoms with Crippen LogP contribution in [0, 0.1) is 5.41 Å². The summed E-state index contributed by atoms with van der Waals surface area (Å²) in [5.41, 5.74) is 7.30. The molecule has 3 N–H and O–H groups in total. The number of nitrogen functional groups attached to an aromatic ring is 1. The van der Waals surface area contributed by atoms with Gasteiger partial charge in [0.15, 0.2) is 0 Å². The molecule has 0 aliphatic heterocycles. The van der Waals surface area contributed by atoms with Crippen LogP contribution in [0.15, 0.2) is 22.7 Å². The number of rotatable bonds is 2. The molecule has 1 fully saturated rings. The molecule has 1 atom stereocenters. The van der Waals surface area contributed by atoms with Crippen LogP contribution in [0.2, 0.25) is 0 Å². The van der Waals surface area contributed by atoms with Gasteiger partial charge in [0.05, 0.1) is 0 Å². The molecule has 0 radical (unpaired) electrons. The Hall–Kier alpha value is -1.03. The minimum absolute atomic E-state index is 0.0364. The van der Waals surface area contributed by atoms with Crippen molar-refractivity contribution in [2.45, 2.75) is 39.2 Å². The molecule has 2 rings (SSSR count). The lowest BCUT2D eigenvalue weighted by Crippen LogP contribution is -2.33. The first-order valence-corrected chi connectivity index (χ1v) is 7.02. The summed E-state index contributed by atoms with van der Waals surface area (Å²) in [5, 5.41) is 3.09. The third-order valence-electron chi connectivity index (χ3n) is 3.49. The molecule has 4 heteroatoms. The van der Waals surface area contributed by atoms with Crippen molar-refractivity contribution in [1.82, 2.24) is 5.32 Å². The highest BCUT2D eigenvalue weighted by Gasteiger charge is 2.31. The summed E-state index contributed by atoms with van der Waals surface area (Å²) in [5.74, 6) is -0.0364. The van der Waals surface area contributed by atoms with E-state index < -0.39 is 0 Å². The SMILES string of the molecule is CC1(C)CCC(NC(=O)c2cc(N)cc(Br)c2)C1. The van der Waals surface area contributed by atoms with Crippen molar-refractivity contribution in [2.24, 2.45) is 5.41 Å². The van der Waals surface area contributed by atoms with E-state index in [9.17, 15) is 4.79 Å². The van der Waals surface area contributed by atoms with E-state index in [4.69, 9.17) is 5.73 Å². The number of halogens is 1. The van der Waals surface area contributed by atoms with Crippen LogP contribution in [0.5, 0.6) is 0 Å². The number of nitrogens with two attached hydrogens (primary N) is 1. The van der Waals surface area contributed by atoms with E-state index in [2.05, 4.69) is 35.1 Å². The van der Waals surface area contributed by atoms with E-state index in [-0.39, 0.29) is 11.9 Å². The molecule has 0 heterocycles. The molecule has 1 aliphatic rings. The average Bonchev–Trinajstić information content (AvgIpc) is 2.56. The van der Waals surface area contributed by atoms with Gasteiger partial charge in [-0.1, -0.05) is 29.8 Å². The van der Waals surface area contributed by atoms with Crippen LogP contribution >= 0.6 is 15.9 Å². The molecule has 1 saturated carbocycles. The van der Waals surface area contributed by atoms with Gasteiger partial charge in [0.1, 0.15) is 0 Å². The summed E-state index contributed by atoms with van der Waals surface area (Å²) in [7, 11) is 0. The Morgan fingerprint density at radius 2 is 2.17 bits per heavy atom. The lowest BCUT2D eigenvalue weighted by Gasteiger charge is -2.18. The molecule has 1 aromatic carbocycles. The number of carbonyl (C=O) groups excluding carboxylic acids is 1. The maximum Gasteiger partial charge on any atom is 0.251 e. The molecule has 98 valence electrons. The topological polar surface area (TPSA) is 55.1 Å². The summed E-state index contributed by atoms with van der Waals surface area (Å²) in [6.07, 6.45) is 3.27. The smallest absolute Gasteiger partial charge is 0.251 e. The zero-order chi connectivity index (χ0) is 13.3. The molecular formula is C14H19BrN2O. The molecule has 1 aromatic rings. The molecule has 0 saturated heterocycles. The summed E-state index contributed by atoms with van der Waals surface area (Å²) in [6, 6.07) is 5.58. The second kappa shape index (κ2) is 4.92. The molecule has 0 bridgehead atoms. The van der Waals surface area contributed by atoms with Gasteiger partial charge >= 0.3 is 0 Å². The van der Waals surface area contributed by atoms with Crippen molar-refractivity contribution in [2.75, 3.05) is 5.73 Å². The predicted octanol–water partition coefficient (Wildman–Crippen LogP) is 3.34. The van der Waals surface area contributed by atoms with Crippen LogP contribution in [0.4, 0.5) is 5.69 Å². The zero-order valence-electron chi connectivity index (χ0n) is 10.8. The fourth-order valence-corrected chi connectivity index (χ4v) is 3.08. The molecule has 1 amide bonds. The first-order chi connectivity index (χ1) is 8.35. The van der Waals surface area contributed by atoms with Crippen LogP contribution in [-0.2, 0) is 0 Å². The number of nitrogens with one attached hydrogen (secondary N) is 1. The number of anilines is 1. The van der Waals surface area contributed by atoms with Gasteiger partial charge in [-0.2, -0.15) is 0 Å². The Kier molecular flexibility index (Phi) is 3.66. The van der Waals surface area contributed by atoms with E-state index in [0.29, 0.717) is 16.7 Å². The standard InChI is InChI=1S/C14H19BrN2O/c1-14(2)4-3-12(8-14)17-13(18)9-5-10(15)7-11(16)6-9/h5-7,12H,3-4,8,16H2,1-2H3,(H,17,18). The largest absolute Gasteiger partial charge is 0.399 e. The molecule has 1 aliphatic carbocycles. The fraction of sp³-hybridized carbons (Fsp3) is 0.500. The minimum Gasteiger partial charge on any atom is -0.399 e. The molecular weight excluding hydrogens is 292 g/mol. The van der Waals surface area contributed by atoms with Crippen molar-refractivity contribution in [3.05, 3.63) is 28.2 Å². The lowest BCUT2D eigenvalue weighted by atomic mass is 9.92. The predicted molar refractivity (Wildman–Crippen MR) is 77.4 cm³/mol. The van der Waals surface area contributed by atoms with E-state index in [1.165, 1.54) is 6.42 Å². The molecule has 0 aromatic heterocycles. The highest BCUT2D eigenvalue weighted by Crippen LogP contribution is 2.37. The molecule has 0 spiro atoms. The summed E-state index contributed by atoms with van der Waals surface area (Å²) in [6.45, 7) is 4.49. The van der Waals surface area contributed by atoms with Crippen LogP contribution in [0.1, 0.15) is 43.5 Å². The number of hydrogen-bond acceptors (Lipinski definition) is 2. The minimum atomic E-state index is -0.0364. The Bertz CT molecular complexity index is 451. The first kappa shape index (κ1) is 13.4. The zero-order valence-corrected chi connectivity index (χ0v) is 12.4. The van der Waals surface area contributed by atoms with Gasteiger partial charge in [0.25, 0.3) is 5.91 Å². The van der Waals surface area contributed by atoms with Gasteiger partial charge < -0.3 is 11.1 Å². The van der Waals surface area contributed by atoms with Crippen LogP contribution in [-0.4, -0.2) is 11.9 Å². The highest BCUT2D eigenvalue weighted by molar-refractivity contribution is 9.10. The monoisotopic (exact) mass is 310 g/mol. The van der Waals surface area contributed by atoms with Crippen LogP contribution < -0.4 is 11.1 Å². The molecule has 1 unspecified atom stereocenters. The van der Waals surface area contributed by atoms with Gasteiger partial charge in [0, 0.05) is 21.8 Å². The Labute approximate surface area is 116 Å². The number of hydrogen-bond donors (Lipinski definition) is 2. The van der Waals surface area contributed by atoms with Crippen molar-refractivity contribution >= 4 is 27.5 Å². The number of amides is 1. The molecule has 3 nitrogen and oxygen atoms in total. The van der Waals surface area contributed by atoms with E-state index in [0.717, 1.165) is 17.3 Å². The van der Waals surface area contributed by atoms with Crippen molar-refractivity contribution in [3.63, 3.8) is 0 Å². The van der Waals surface area contributed by atoms with Gasteiger partial charge in [-0.05, 0) is 42.9 Å². The second-order valence-corrected chi connectivity index (χ2v) is 6.77. The fourth-order valence-electron chi connectivity index (χ4n) is 2.57. The lowest BCUT2D eigenvalue weighted by molar-refractivity contribution is 0.0936. The normalized spacial score (nSPS) is 21.8. The van der Waals surface area contributed by atoms with Crippen molar-refractivity contribution in [3.8, 4) is 0 Å². The quantitative estimate of drug-likeness (QED) is 0.823. The second-order valence-electron chi connectivity index (χ2n) is 5.85. The van der Waals surface area contributed by atoms with Gasteiger partial charge in [0.2, 0.25) is 0 Å². The van der Waals surface area contributed by atoms with Gasteiger partial charge in [-0.3, -0.25) is 4.79 Å². The van der Waals surface area contributed by atoms with Gasteiger partial charge in [-0.25, -0.2) is 0 Å². The van der Waals surface area contributed by atoms with Crippen molar-refractivity contribution < 1.29 is 4.79 Å². The van der Waals surface area contributed by atoms with E-state index in [1.807, 2.05) is 0 Å². The average molecular weight is 311 g/mol. The summed E-state index contributed by atoms with van der Waals surface area (Å²) >= 11 is 3.35. The van der Waals surface area contributed by atoms with Gasteiger partial charge in [-0.15, -0.1) is 0 Å². The summed E-state index contributed by atoms with van der Waals surface area (Å²) in [4.78, 5) is 12.1. The molecule has 18 heavy (non-hydrogen) atoms. The Balaban J connectivity index is 2.04. The van der Waals surface area contributed by atoms with Crippen molar-refractivity contribution in [1.29, 1.82) is 0 Å². The number of carbonyl (C=O) groups is 1. The van der Waals surface area contributed by atoms with Crippen LogP contribution in [0.3, 0.4) is 0 Å². The van der Waals surface area contributed by atoms with Crippen LogP contribution in [0.25, 0.3) is 0 Å². The maximum absolute atomic E-state index is 12.1.